The topological polar surface area (TPSA) is 64.3 Å². The molecule has 3 N–H and O–H groups in total. The fourth-order valence-corrected chi connectivity index (χ4v) is 2.27. The van der Waals surface area contributed by atoms with Crippen LogP contribution in [0.3, 0.4) is 0 Å². The molecule has 0 aliphatic carbocycles. The predicted octanol–water partition coefficient (Wildman–Crippen LogP) is 3.49. The van der Waals surface area contributed by atoms with Crippen LogP contribution in [0.2, 0.25) is 0 Å². The Hall–Kier alpha value is -1.55. The third-order valence-corrected chi connectivity index (χ3v) is 4.07. The first-order valence-corrected chi connectivity index (χ1v) is 7.78. The highest BCUT2D eigenvalue weighted by Gasteiger charge is 2.33. The molecule has 0 unspecified atom stereocenters. The van der Waals surface area contributed by atoms with Crippen molar-refractivity contribution in [3.05, 3.63) is 23.8 Å². The number of anilines is 1. The maximum Gasteiger partial charge on any atom is 0.231 e. The van der Waals surface area contributed by atoms with Gasteiger partial charge in [-0.05, 0) is 43.9 Å². The summed E-state index contributed by atoms with van der Waals surface area (Å²) in [6.07, 6.45) is 2.38. The van der Waals surface area contributed by atoms with Gasteiger partial charge < -0.3 is 15.8 Å². The first-order chi connectivity index (χ1) is 10.0. The number of ether oxygens (including phenoxy) is 1. The third-order valence-electron chi connectivity index (χ3n) is 4.07. The zero-order valence-corrected chi connectivity index (χ0v) is 13.7. The van der Waals surface area contributed by atoms with E-state index in [4.69, 9.17) is 10.5 Å². The molecule has 0 aliphatic heterocycles. The maximum absolute atomic E-state index is 12.6. The van der Waals surface area contributed by atoms with E-state index in [2.05, 4.69) is 12.2 Å². The van der Waals surface area contributed by atoms with Crippen molar-refractivity contribution in [3.8, 4) is 5.75 Å². The Balaban J connectivity index is 2.98. The molecule has 21 heavy (non-hydrogen) atoms. The molecule has 1 aromatic carbocycles. The smallest absolute Gasteiger partial charge is 0.231 e. The van der Waals surface area contributed by atoms with Crippen molar-refractivity contribution >= 4 is 11.6 Å². The molecule has 0 saturated carbocycles. The molecule has 0 atom stereocenters. The van der Waals surface area contributed by atoms with E-state index < -0.39 is 5.41 Å². The Morgan fingerprint density at radius 3 is 2.48 bits per heavy atom. The van der Waals surface area contributed by atoms with E-state index in [0.29, 0.717) is 13.2 Å². The molecule has 0 saturated heterocycles. The van der Waals surface area contributed by atoms with E-state index in [1.54, 1.807) is 0 Å². The first-order valence-electron chi connectivity index (χ1n) is 7.78. The standard InChI is InChI=1S/C17H28N2O2/c1-5-10-21-15-11-13(4)8-9-14(15)19-16(20)17(6-2,7-3)12-18/h8-9,11H,5-7,10,12,18H2,1-4H3,(H,19,20). The summed E-state index contributed by atoms with van der Waals surface area (Å²) in [5.41, 5.74) is 7.15. The van der Waals surface area contributed by atoms with Crippen LogP contribution >= 0.6 is 0 Å². The molecule has 118 valence electrons. The summed E-state index contributed by atoms with van der Waals surface area (Å²) < 4.78 is 5.74. The minimum Gasteiger partial charge on any atom is -0.491 e. The minimum absolute atomic E-state index is 0.0276. The van der Waals surface area contributed by atoms with Gasteiger partial charge in [-0.15, -0.1) is 0 Å². The summed E-state index contributed by atoms with van der Waals surface area (Å²) >= 11 is 0. The van der Waals surface area contributed by atoms with Gasteiger partial charge in [0.15, 0.2) is 0 Å². The van der Waals surface area contributed by atoms with Gasteiger partial charge in [-0.25, -0.2) is 0 Å². The van der Waals surface area contributed by atoms with Crippen LogP contribution in [0.25, 0.3) is 0 Å². The second-order valence-electron chi connectivity index (χ2n) is 5.49. The van der Waals surface area contributed by atoms with Crippen LogP contribution < -0.4 is 15.8 Å². The number of carbonyl (C=O) groups excluding carboxylic acids is 1. The van der Waals surface area contributed by atoms with Gasteiger partial charge in [0, 0.05) is 6.54 Å². The summed E-state index contributed by atoms with van der Waals surface area (Å²) in [7, 11) is 0. The molecule has 1 aromatic rings. The van der Waals surface area contributed by atoms with Gasteiger partial charge in [-0.2, -0.15) is 0 Å². The second-order valence-corrected chi connectivity index (χ2v) is 5.49. The Morgan fingerprint density at radius 1 is 1.29 bits per heavy atom. The van der Waals surface area contributed by atoms with Crippen LogP contribution in [0.5, 0.6) is 5.75 Å². The lowest BCUT2D eigenvalue weighted by Crippen LogP contribution is -2.41. The van der Waals surface area contributed by atoms with Crippen LogP contribution in [0.15, 0.2) is 18.2 Å². The van der Waals surface area contributed by atoms with E-state index in [1.165, 1.54) is 0 Å². The molecule has 0 radical (unpaired) electrons. The van der Waals surface area contributed by atoms with Gasteiger partial charge in [0.2, 0.25) is 5.91 Å². The maximum atomic E-state index is 12.6. The van der Waals surface area contributed by atoms with E-state index in [1.807, 2.05) is 39.0 Å². The van der Waals surface area contributed by atoms with Crippen molar-refractivity contribution < 1.29 is 9.53 Å². The highest BCUT2D eigenvalue weighted by Crippen LogP contribution is 2.31. The summed E-state index contributed by atoms with van der Waals surface area (Å²) in [6.45, 7) is 9.05. The van der Waals surface area contributed by atoms with Crippen LogP contribution in [0.1, 0.15) is 45.6 Å². The van der Waals surface area contributed by atoms with Crippen molar-refractivity contribution in [2.45, 2.75) is 47.0 Å². The van der Waals surface area contributed by atoms with Gasteiger partial charge in [0.05, 0.1) is 17.7 Å². The van der Waals surface area contributed by atoms with E-state index >= 15 is 0 Å². The Labute approximate surface area is 128 Å². The molecule has 0 fully saturated rings. The lowest BCUT2D eigenvalue weighted by Gasteiger charge is -2.29. The highest BCUT2D eigenvalue weighted by molar-refractivity contribution is 5.96. The summed E-state index contributed by atoms with van der Waals surface area (Å²) in [5.74, 6) is 0.698. The number of carbonyl (C=O) groups is 1. The van der Waals surface area contributed by atoms with E-state index in [0.717, 1.165) is 36.3 Å². The average Bonchev–Trinajstić information content (AvgIpc) is 2.50. The van der Waals surface area contributed by atoms with Crippen LogP contribution in [0, 0.1) is 12.3 Å². The number of hydrogen-bond acceptors (Lipinski definition) is 3. The zero-order chi connectivity index (χ0) is 15.9. The molecule has 0 spiro atoms. The molecular formula is C17H28N2O2. The lowest BCUT2D eigenvalue weighted by molar-refractivity contribution is -0.125. The molecular weight excluding hydrogens is 264 g/mol. The molecule has 1 amide bonds. The van der Waals surface area contributed by atoms with Gasteiger partial charge in [0.1, 0.15) is 5.75 Å². The van der Waals surface area contributed by atoms with Crippen molar-refractivity contribution in [1.29, 1.82) is 0 Å². The molecule has 4 nitrogen and oxygen atoms in total. The van der Waals surface area contributed by atoms with Crippen molar-refractivity contribution in [2.24, 2.45) is 11.1 Å². The zero-order valence-electron chi connectivity index (χ0n) is 13.7. The fraction of sp³-hybridized carbons (Fsp3) is 0.588. The fourth-order valence-electron chi connectivity index (χ4n) is 2.27. The van der Waals surface area contributed by atoms with Crippen LogP contribution in [-0.4, -0.2) is 19.1 Å². The third kappa shape index (κ3) is 4.21. The SMILES string of the molecule is CCCOc1cc(C)ccc1NC(=O)C(CC)(CC)CN. The number of nitrogens with one attached hydrogen (secondary N) is 1. The number of aryl methyl sites for hydroxylation is 1. The molecule has 1 rings (SSSR count). The number of rotatable bonds is 8. The van der Waals surface area contributed by atoms with Gasteiger partial charge in [0.25, 0.3) is 0 Å². The van der Waals surface area contributed by atoms with Crippen LogP contribution in [-0.2, 0) is 4.79 Å². The quantitative estimate of drug-likeness (QED) is 0.771. The molecule has 0 aliphatic rings. The summed E-state index contributed by atoms with van der Waals surface area (Å²) in [4.78, 5) is 12.6. The lowest BCUT2D eigenvalue weighted by atomic mass is 9.81. The first kappa shape index (κ1) is 17.5. The van der Waals surface area contributed by atoms with E-state index in [-0.39, 0.29) is 5.91 Å². The number of nitrogens with two attached hydrogens (primary N) is 1. The molecule has 0 bridgehead atoms. The largest absolute Gasteiger partial charge is 0.491 e. The Bertz CT molecular complexity index is 460. The second kappa shape index (κ2) is 8.03. The van der Waals surface area contributed by atoms with Crippen LogP contribution in [0.4, 0.5) is 5.69 Å². The predicted molar refractivity (Wildman–Crippen MR) is 87.7 cm³/mol. The Kier molecular flexibility index (Phi) is 6.69. The number of hydrogen-bond donors (Lipinski definition) is 2. The summed E-state index contributed by atoms with van der Waals surface area (Å²) in [5, 5.41) is 3.00. The van der Waals surface area contributed by atoms with Gasteiger partial charge in [-0.1, -0.05) is 26.8 Å². The van der Waals surface area contributed by atoms with Crippen molar-refractivity contribution in [3.63, 3.8) is 0 Å². The molecule has 0 aromatic heterocycles. The normalized spacial score (nSPS) is 11.3. The Morgan fingerprint density at radius 2 is 1.95 bits per heavy atom. The summed E-state index contributed by atoms with van der Waals surface area (Å²) in [6, 6.07) is 5.81. The van der Waals surface area contributed by atoms with Crippen molar-refractivity contribution in [2.75, 3.05) is 18.5 Å². The monoisotopic (exact) mass is 292 g/mol. The minimum atomic E-state index is -0.507. The van der Waals surface area contributed by atoms with E-state index in [9.17, 15) is 4.79 Å². The van der Waals surface area contributed by atoms with Gasteiger partial charge >= 0.3 is 0 Å². The molecule has 4 heteroatoms. The average molecular weight is 292 g/mol. The van der Waals surface area contributed by atoms with Crippen molar-refractivity contribution in [1.82, 2.24) is 0 Å². The number of benzene rings is 1. The number of amides is 1. The highest BCUT2D eigenvalue weighted by atomic mass is 16.5. The molecule has 0 heterocycles. The van der Waals surface area contributed by atoms with Gasteiger partial charge in [-0.3, -0.25) is 4.79 Å².